The second-order valence-corrected chi connectivity index (χ2v) is 6.93. The molecule has 24 heavy (non-hydrogen) atoms. The van der Waals surface area contributed by atoms with Crippen molar-refractivity contribution in [1.29, 1.82) is 0 Å². The molecule has 1 aromatic carbocycles. The van der Waals surface area contributed by atoms with Crippen molar-refractivity contribution in [3.8, 4) is 5.75 Å². The Morgan fingerprint density at radius 3 is 2.08 bits per heavy atom. The Bertz CT molecular complexity index is 594. The molecule has 0 aliphatic heterocycles. The van der Waals surface area contributed by atoms with Gasteiger partial charge in [-0.25, -0.2) is 0 Å². The number of pyridine rings is 1. The zero-order chi connectivity index (χ0) is 17.0. The Labute approximate surface area is 147 Å². The molecule has 2 nitrogen and oxygen atoms in total. The predicted molar refractivity (Wildman–Crippen MR) is 104 cm³/mol. The topological polar surface area (TPSA) is 33.1 Å². The molecule has 1 N–H and O–H groups in total. The number of hydrogen-bond donors (Lipinski definition) is 1. The molecule has 0 spiro atoms. The van der Waals surface area contributed by atoms with Gasteiger partial charge >= 0.3 is 0 Å². The third-order valence-electron chi connectivity index (χ3n) is 4.89. The third kappa shape index (κ3) is 6.14. The van der Waals surface area contributed by atoms with Crippen LogP contribution in [0.4, 0.5) is 0 Å². The molecule has 0 atom stereocenters. The molecule has 0 amide bonds. The summed E-state index contributed by atoms with van der Waals surface area (Å²) in [6.45, 7) is 2.28. The molecule has 0 fully saturated rings. The van der Waals surface area contributed by atoms with Gasteiger partial charge in [0.05, 0.1) is 0 Å². The first-order chi connectivity index (χ1) is 11.8. The number of aromatic nitrogens is 1. The predicted octanol–water partition coefficient (Wildman–Crippen LogP) is 6.79. The van der Waals surface area contributed by atoms with Crippen LogP contribution in [0.25, 0.3) is 10.9 Å². The van der Waals surface area contributed by atoms with E-state index in [4.69, 9.17) is 0 Å². The van der Waals surface area contributed by atoms with E-state index in [1.54, 1.807) is 6.07 Å². The number of aryl methyl sites for hydroxylation is 1. The van der Waals surface area contributed by atoms with E-state index in [0.29, 0.717) is 0 Å². The Kier molecular flexibility index (Phi) is 8.65. The summed E-state index contributed by atoms with van der Waals surface area (Å²) in [6, 6.07) is 7.78. The number of hydrogen-bond acceptors (Lipinski definition) is 2. The molecule has 1 heterocycles. The molecule has 0 unspecified atom stereocenters. The fraction of sp³-hybridized carbons (Fsp3) is 0.591. The molecular formula is C22H33NO. The van der Waals surface area contributed by atoms with Gasteiger partial charge in [-0.3, -0.25) is 4.98 Å². The van der Waals surface area contributed by atoms with E-state index in [9.17, 15) is 5.11 Å². The molecule has 0 aliphatic rings. The van der Waals surface area contributed by atoms with E-state index in [0.717, 1.165) is 17.3 Å². The lowest BCUT2D eigenvalue weighted by molar-refractivity contribution is 0.480. The number of phenolic OH excluding ortho intramolecular Hbond substituents is 1. The maximum Gasteiger partial charge on any atom is 0.141 e. The molecule has 2 rings (SSSR count). The van der Waals surface area contributed by atoms with Crippen molar-refractivity contribution < 1.29 is 5.11 Å². The molecule has 0 bridgehead atoms. The fourth-order valence-electron chi connectivity index (χ4n) is 3.42. The molecule has 0 saturated heterocycles. The van der Waals surface area contributed by atoms with Gasteiger partial charge in [-0.2, -0.15) is 0 Å². The Morgan fingerprint density at radius 1 is 0.792 bits per heavy atom. The monoisotopic (exact) mass is 327 g/mol. The first kappa shape index (κ1) is 18.8. The van der Waals surface area contributed by atoms with Crippen LogP contribution >= 0.6 is 0 Å². The largest absolute Gasteiger partial charge is 0.506 e. The molecule has 132 valence electrons. The minimum Gasteiger partial charge on any atom is -0.506 e. The first-order valence-corrected chi connectivity index (χ1v) is 9.88. The number of aromatic hydroxyl groups is 1. The van der Waals surface area contributed by atoms with Crippen molar-refractivity contribution in [2.75, 3.05) is 0 Å². The highest BCUT2D eigenvalue weighted by Crippen LogP contribution is 2.25. The zero-order valence-corrected chi connectivity index (χ0v) is 15.3. The summed E-state index contributed by atoms with van der Waals surface area (Å²) in [7, 11) is 0. The molecule has 2 heteroatoms. The molecule has 0 saturated carbocycles. The summed E-state index contributed by atoms with van der Waals surface area (Å²) in [5.41, 5.74) is 2.05. The molecule has 2 aromatic rings. The van der Waals surface area contributed by atoms with Crippen molar-refractivity contribution in [3.63, 3.8) is 0 Å². The van der Waals surface area contributed by atoms with Crippen molar-refractivity contribution >= 4 is 10.9 Å². The quantitative estimate of drug-likeness (QED) is 0.435. The number of benzene rings is 1. The summed E-state index contributed by atoms with van der Waals surface area (Å²) in [6.07, 6.45) is 18.0. The summed E-state index contributed by atoms with van der Waals surface area (Å²) in [4.78, 5) is 4.30. The molecule has 0 aliphatic carbocycles. The number of rotatable bonds is 12. The molecule has 0 radical (unpaired) electrons. The highest BCUT2D eigenvalue weighted by molar-refractivity contribution is 5.86. The van der Waals surface area contributed by atoms with Gasteiger partial charge in [-0.05, 0) is 30.5 Å². The van der Waals surface area contributed by atoms with E-state index in [2.05, 4.69) is 24.0 Å². The fourth-order valence-corrected chi connectivity index (χ4v) is 3.42. The Hall–Kier alpha value is -1.57. The van der Waals surface area contributed by atoms with Gasteiger partial charge in [-0.15, -0.1) is 0 Å². The van der Waals surface area contributed by atoms with E-state index in [1.165, 1.54) is 76.2 Å². The summed E-state index contributed by atoms with van der Waals surface area (Å²) in [5.74, 6) is 0.285. The normalized spacial score (nSPS) is 11.2. The van der Waals surface area contributed by atoms with Gasteiger partial charge < -0.3 is 5.11 Å². The summed E-state index contributed by atoms with van der Waals surface area (Å²) in [5, 5.41) is 11.0. The van der Waals surface area contributed by atoms with Crippen LogP contribution in [0.5, 0.6) is 5.75 Å². The average Bonchev–Trinajstić information content (AvgIpc) is 2.60. The molecule has 1 aromatic heterocycles. The van der Waals surface area contributed by atoms with Crippen molar-refractivity contribution in [2.45, 2.75) is 84.0 Å². The lowest BCUT2D eigenvalue weighted by Gasteiger charge is -2.07. The minimum atomic E-state index is 0.285. The van der Waals surface area contributed by atoms with Gasteiger partial charge in [0, 0.05) is 11.6 Å². The van der Waals surface area contributed by atoms with Crippen molar-refractivity contribution in [1.82, 2.24) is 4.98 Å². The number of phenols is 1. The van der Waals surface area contributed by atoms with Gasteiger partial charge in [-0.1, -0.05) is 83.3 Å². The van der Waals surface area contributed by atoms with E-state index < -0.39 is 0 Å². The number of unbranched alkanes of at least 4 members (excludes halogenated alkanes) is 10. The zero-order valence-electron chi connectivity index (χ0n) is 15.3. The molecular weight excluding hydrogens is 294 g/mol. The van der Waals surface area contributed by atoms with Crippen molar-refractivity contribution in [3.05, 3.63) is 36.0 Å². The van der Waals surface area contributed by atoms with Gasteiger partial charge in [0.2, 0.25) is 0 Å². The van der Waals surface area contributed by atoms with Gasteiger partial charge in [0.1, 0.15) is 11.3 Å². The van der Waals surface area contributed by atoms with Crippen LogP contribution in [0.15, 0.2) is 30.5 Å². The van der Waals surface area contributed by atoms with Crippen LogP contribution in [-0.2, 0) is 6.42 Å². The SMILES string of the molecule is CCCCCCCCCCCCCc1ccnc2c(O)cccc12. The van der Waals surface area contributed by atoms with E-state index >= 15 is 0 Å². The average molecular weight is 328 g/mol. The van der Waals surface area contributed by atoms with Gasteiger partial charge in [0.15, 0.2) is 0 Å². The third-order valence-corrected chi connectivity index (χ3v) is 4.89. The van der Waals surface area contributed by atoms with Gasteiger partial charge in [0.25, 0.3) is 0 Å². The Balaban J connectivity index is 1.59. The van der Waals surface area contributed by atoms with Crippen LogP contribution in [0.1, 0.15) is 83.1 Å². The summed E-state index contributed by atoms with van der Waals surface area (Å²) < 4.78 is 0. The van der Waals surface area contributed by atoms with Crippen LogP contribution in [0, 0.1) is 0 Å². The van der Waals surface area contributed by atoms with E-state index in [-0.39, 0.29) is 5.75 Å². The smallest absolute Gasteiger partial charge is 0.141 e. The van der Waals surface area contributed by atoms with Crippen LogP contribution in [-0.4, -0.2) is 10.1 Å². The Morgan fingerprint density at radius 2 is 1.42 bits per heavy atom. The number of para-hydroxylation sites is 1. The summed E-state index contributed by atoms with van der Waals surface area (Å²) >= 11 is 0. The first-order valence-electron chi connectivity index (χ1n) is 9.88. The lowest BCUT2D eigenvalue weighted by atomic mass is 10.0. The van der Waals surface area contributed by atoms with Crippen LogP contribution in [0.2, 0.25) is 0 Å². The standard InChI is InChI=1S/C22H33NO/c1-2-3-4-5-6-7-8-9-10-11-12-14-19-17-18-23-22-20(19)15-13-16-21(22)24/h13,15-18,24H,2-12,14H2,1H3. The maximum absolute atomic E-state index is 9.89. The highest BCUT2D eigenvalue weighted by atomic mass is 16.3. The highest BCUT2D eigenvalue weighted by Gasteiger charge is 2.05. The second-order valence-electron chi connectivity index (χ2n) is 6.93. The van der Waals surface area contributed by atoms with Crippen LogP contribution < -0.4 is 0 Å². The van der Waals surface area contributed by atoms with E-state index in [1.807, 2.05) is 12.3 Å². The number of nitrogens with zero attached hydrogens (tertiary/aromatic N) is 1. The number of fused-ring (bicyclic) bond motifs is 1. The maximum atomic E-state index is 9.89. The van der Waals surface area contributed by atoms with Crippen LogP contribution in [0.3, 0.4) is 0 Å². The second kappa shape index (κ2) is 11.1. The lowest BCUT2D eigenvalue weighted by Crippen LogP contribution is -1.90. The minimum absolute atomic E-state index is 0.285. The van der Waals surface area contributed by atoms with Crippen molar-refractivity contribution in [2.24, 2.45) is 0 Å².